The Morgan fingerprint density at radius 2 is 2.00 bits per heavy atom. The Morgan fingerprint density at radius 1 is 1.39 bits per heavy atom. The maximum Gasteiger partial charge on any atom is 0.227 e. The van der Waals surface area contributed by atoms with Gasteiger partial charge in [-0.1, -0.05) is 29.3 Å². The van der Waals surface area contributed by atoms with Crippen molar-refractivity contribution in [1.82, 2.24) is 4.90 Å². The van der Waals surface area contributed by atoms with Gasteiger partial charge in [0.15, 0.2) is 0 Å². The molecule has 0 bridgehead atoms. The van der Waals surface area contributed by atoms with E-state index < -0.39 is 5.54 Å². The van der Waals surface area contributed by atoms with Gasteiger partial charge in [0.25, 0.3) is 0 Å². The van der Waals surface area contributed by atoms with Crippen molar-refractivity contribution in [1.29, 1.82) is 0 Å². The van der Waals surface area contributed by atoms with Crippen LogP contribution in [0, 0.1) is 0 Å². The highest BCUT2D eigenvalue weighted by Crippen LogP contribution is 2.22. The molecule has 1 rings (SSSR count). The van der Waals surface area contributed by atoms with Crippen LogP contribution < -0.4 is 0 Å². The summed E-state index contributed by atoms with van der Waals surface area (Å²) in [5.74, 6) is -0.0988. The first-order valence-corrected chi connectivity index (χ1v) is 6.35. The van der Waals surface area contributed by atoms with Crippen LogP contribution in [0.25, 0.3) is 0 Å². The number of halogens is 2. The van der Waals surface area contributed by atoms with Gasteiger partial charge < -0.3 is 10.0 Å². The van der Waals surface area contributed by atoms with Crippen LogP contribution >= 0.6 is 23.2 Å². The first kappa shape index (κ1) is 15.3. The summed E-state index contributed by atoms with van der Waals surface area (Å²) in [6.07, 6.45) is 0.190. The van der Waals surface area contributed by atoms with Crippen molar-refractivity contribution in [2.75, 3.05) is 13.7 Å². The summed E-state index contributed by atoms with van der Waals surface area (Å²) in [7, 11) is 1.67. The Labute approximate surface area is 117 Å². The number of amides is 1. The van der Waals surface area contributed by atoms with Gasteiger partial charge in [-0.15, -0.1) is 0 Å². The standard InChI is InChI=1S/C13H17Cl2NO2/c1-13(2,8-17)16(3)12(18)6-9-4-5-10(14)7-11(9)15/h4-5,7,17H,6,8H2,1-3H3. The van der Waals surface area contributed by atoms with E-state index in [2.05, 4.69) is 0 Å². The molecule has 3 nitrogen and oxygen atoms in total. The Morgan fingerprint density at radius 3 is 2.50 bits per heavy atom. The number of aliphatic hydroxyl groups excluding tert-OH is 1. The van der Waals surface area contributed by atoms with Gasteiger partial charge in [0, 0.05) is 17.1 Å². The molecule has 0 aromatic heterocycles. The highest BCUT2D eigenvalue weighted by Gasteiger charge is 2.26. The molecule has 0 heterocycles. The lowest BCUT2D eigenvalue weighted by atomic mass is 10.0. The molecule has 1 amide bonds. The lowest BCUT2D eigenvalue weighted by Gasteiger charge is -2.34. The Kier molecular flexibility index (Phi) is 5.02. The number of nitrogens with zero attached hydrogens (tertiary/aromatic N) is 1. The molecular weight excluding hydrogens is 273 g/mol. The third-order valence-corrected chi connectivity index (χ3v) is 3.61. The summed E-state index contributed by atoms with van der Waals surface area (Å²) in [6.45, 7) is 3.51. The normalized spacial score (nSPS) is 11.4. The first-order valence-electron chi connectivity index (χ1n) is 5.59. The minimum Gasteiger partial charge on any atom is -0.394 e. The average Bonchev–Trinajstić information content (AvgIpc) is 2.31. The zero-order valence-electron chi connectivity index (χ0n) is 10.7. The maximum absolute atomic E-state index is 12.1. The molecule has 100 valence electrons. The predicted molar refractivity (Wildman–Crippen MR) is 74.1 cm³/mol. The van der Waals surface area contributed by atoms with Gasteiger partial charge in [-0.3, -0.25) is 4.79 Å². The van der Waals surface area contributed by atoms with Crippen LogP contribution in [-0.4, -0.2) is 35.1 Å². The SMILES string of the molecule is CN(C(=O)Cc1ccc(Cl)cc1Cl)C(C)(C)CO. The van der Waals surface area contributed by atoms with Crippen molar-refractivity contribution in [3.8, 4) is 0 Å². The fraction of sp³-hybridized carbons (Fsp3) is 0.462. The number of hydrogen-bond donors (Lipinski definition) is 1. The van der Waals surface area contributed by atoms with Crippen molar-refractivity contribution in [3.05, 3.63) is 33.8 Å². The Balaban J connectivity index is 2.82. The number of benzene rings is 1. The number of carbonyl (C=O) groups is 1. The molecule has 0 unspecified atom stereocenters. The quantitative estimate of drug-likeness (QED) is 0.926. The van der Waals surface area contributed by atoms with Crippen molar-refractivity contribution < 1.29 is 9.90 Å². The summed E-state index contributed by atoms with van der Waals surface area (Å²) in [5.41, 5.74) is 0.141. The second kappa shape index (κ2) is 5.91. The van der Waals surface area contributed by atoms with Gasteiger partial charge >= 0.3 is 0 Å². The van der Waals surface area contributed by atoms with Gasteiger partial charge in [0.05, 0.1) is 18.6 Å². The van der Waals surface area contributed by atoms with Crippen LogP contribution in [-0.2, 0) is 11.2 Å². The van der Waals surface area contributed by atoms with Crippen LogP contribution in [0.1, 0.15) is 19.4 Å². The van der Waals surface area contributed by atoms with Gasteiger partial charge in [-0.2, -0.15) is 0 Å². The number of rotatable bonds is 4. The molecule has 0 aliphatic rings. The highest BCUT2D eigenvalue weighted by atomic mass is 35.5. The Bertz CT molecular complexity index is 447. The maximum atomic E-state index is 12.1. The second-order valence-corrected chi connectivity index (χ2v) is 5.68. The summed E-state index contributed by atoms with van der Waals surface area (Å²) < 4.78 is 0. The molecule has 1 N–H and O–H groups in total. The molecule has 0 radical (unpaired) electrons. The largest absolute Gasteiger partial charge is 0.394 e. The molecule has 0 atom stereocenters. The van der Waals surface area contributed by atoms with E-state index >= 15 is 0 Å². The minimum absolute atomic E-state index is 0.0937. The summed E-state index contributed by atoms with van der Waals surface area (Å²) in [6, 6.07) is 5.05. The topological polar surface area (TPSA) is 40.5 Å². The van der Waals surface area contributed by atoms with E-state index in [1.165, 1.54) is 4.90 Å². The average molecular weight is 290 g/mol. The monoisotopic (exact) mass is 289 g/mol. The molecule has 0 saturated carbocycles. The van der Waals surface area contributed by atoms with Crippen molar-refractivity contribution in [2.24, 2.45) is 0 Å². The zero-order valence-corrected chi connectivity index (χ0v) is 12.2. The number of hydrogen-bond acceptors (Lipinski definition) is 2. The minimum atomic E-state index is -0.587. The summed E-state index contributed by atoms with van der Waals surface area (Å²) in [5, 5.41) is 10.3. The van der Waals surface area contributed by atoms with Crippen molar-refractivity contribution in [3.63, 3.8) is 0 Å². The molecule has 1 aromatic carbocycles. The molecule has 0 aliphatic heterocycles. The van der Waals surface area contributed by atoms with Gasteiger partial charge in [0.1, 0.15) is 0 Å². The van der Waals surface area contributed by atoms with E-state index in [9.17, 15) is 9.90 Å². The van der Waals surface area contributed by atoms with E-state index in [1.54, 1.807) is 39.1 Å². The van der Waals surface area contributed by atoms with E-state index in [-0.39, 0.29) is 18.9 Å². The highest BCUT2D eigenvalue weighted by molar-refractivity contribution is 6.35. The molecule has 5 heteroatoms. The Hall–Kier alpha value is -0.770. The van der Waals surface area contributed by atoms with E-state index in [4.69, 9.17) is 23.2 Å². The lowest BCUT2D eigenvalue weighted by Crippen LogP contribution is -2.48. The van der Waals surface area contributed by atoms with E-state index in [0.717, 1.165) is 5.56 Å². The number of likely N-dealkylation sites (N-methyl/N-ethyl adjacent to an activating group) is 1. The fourth-order valence-corrected chi connectivity index (χ4v) is 1.87. The summed E-state index contributed by atoms with van der Waals surface area (Å²) in [4.78, 5) is 13.6. The van der Waals surface area contributed by atoms with Gasteiger partial charge in [-0.25, -0.2) is 0 Å². The van der Waals surface area contributed by atoms with Crippen LogP contribution in [0.2, 0.25) is 10.0 Å². The summed E-state index contributed by atoms with van der Waals surface area (Å²) >= 11 is 11.8. The molecule has 18 heavy (non-hydrogen) atoms. The molecule has 0 aliphatic carbocycles. The van der Waals surface area contributed by atoms with Crippen molar-refractivity contribution >= 4 is 29.1 Å². The van der Waals surface area contributed by atoms with Crippen molar-refractivity contribution in [2.45, 2.75) is 25.8 Å². The van der Waals surface area contributed by atoms with E-state index in [0.29, 0.717) is 10.0 Å². The van der Waals surface area contributed by atoms with Crippen LogP contribution in [0.4, 0.5) is 0 Å². The molecular formula is C13H17Cl2NO2. The third kappa shape index (κ3) is 3.61. The van der Waals surface area contributed by atoms with Crippen LogP contribution in [0.15, 0.2) is 18.2 Å². The zero-order chi connectivity index (χ0) is 13.9. The van der Waals surface area contributed by atoms with Crippen LogP contribution in [0.3, 0.4) is 0 Å². The van der Waals surface area contributed by atoms with Gasteiger partial charge in [0.2, 0.25) is 5.91 Å². The smallest absolute Gasteiger partial charge is 0.227 e. The molecule has 0 fully saturated rings. The van der Waals surface area contributed by atoms with E-state index in [1.807, 2.05) is 0 Å². The second-order valence-electron chi connectivity index (χ2n) is 4.84. The predicted octanol–water partition coefficient (Wildman–Crippen LogP) is 2.77. The van der Waals surface area contributed by atoms with Crippen LogP contribution in [0.5, 0.6) is 0 Å². The third-order valence-electron chi connectivity index (χ3n) is 3.03. The molecule has 1 aromatic rings. The number of aliphatic hydroxyl groups is 1. The molecule has 0 saturated heterocycles. The number of carbonyl (C=O) groups excluding carboxylic acids is 1. The molecule has 0 spiro atoms. The fourth-order valence-electron chi connectivity index (χ4n) is 1.39. The van der Waals surface area contributed by atoms with Gasteiger partial charge in [-0.05, 0) is 31.5 Å². The first-order chi connectivity index (χ1) is 8.27. The lowest BCUT2D eigenvalue weighted by molar-refractivity contribution is -0.135.